The van der Waals surface area contributed by atoms with Gasteiger partial charge in [-0.1, -0.05) is 11.6 Å². The van der Waals surface area contributed by atoms with E-state index in [1.807, 2.05) is 18.2 Å². The molecule has 1 aliphatic heterocycles. The van der Waals surface area contributed by atoms with Gasteiger partial charge in [-0.2, -0.15) is 0 Å². The van der Waals surface area contributed by atoms with E-state index in [1.54, 1.807) is 0 Å². The van der Waals surface area contributed by atoms with Gasteiger partial charge < -0.3 is 16.0 Å². The standard InChI is InChI=1S/C12H16ClN3O/c1-8(17)15-12-3-2-9(6-11(12)13)16-10-4-5-14-7-10/h2-3,6,10,14,16H,4-5,7H2,1H3,(H,15,17). The number of anilines is 2. The van der Waals surface area contributed by atoms with Crippen LogP contribution in [0.4, 0.5) is 11.4 Å². The van der Waals surface area contributed by atoms with Crippen LogP contribution in [0.1, 0.15) is 13.3 Å². The summed E-state index contributed by atoms with van der Waals surface area (Å²) in [5, 5.41) is 9.93. The number of carbonyl (C=O) groups is 1. The molecule has 0 bridgehead atoms. The summed E-state index contributed by atoms with van der Waals surface area (Å²) in [6.45, 7) is 3.49. The molecule has 3 N–H and O–H groups in total. The highest BCUT2D eigenvalue weighted by molar-refractivity contribution is 6.34. The molecule has 0 radical (unpaired) electrons. The highest BCUT2D eigenvalue weighted by atomic mass is 35.5. The van der Waals surface area contributed by atoms with Crippen LogP contribution >= 0.6 is 11.6 Å². The SMILES string of the molecule is CC(=O)Nc1ccc(NC2CCNC2)cc1Cl. The summed E-state index contributed by atoms with van der Waals surface area (Å²) >= 11 is 6.09. The number of hydrogen-bond donors (Lipinski definition) is 3. The van der Waals surface area contributed by atoms with Crippen molar-refractivity contribution in [3.63, 3.8) is 0 Å². The Morgan fingerprint density at radius 1 is 1.53 bits per heavy atom. The van der Waals surface area contributed by atoms with Crippen LogP contribution in [0.2, 0.25) is 5.02 Å². The van der Waals surface area contributed by atoms with E-state index in [9.17, 15) is 4.79 Å². The van der Waals surface area contributed by atoms with Crippen LogP contribution in [0.3, 0.4) is 0 Å². The van der Waals surface area contributed by atoms with Crippen LogP contribution in [0.25, 0.3) is 0 Å². The lowest BCUT2D eigenvalue weighted by Crippen LogP contribution is -2.22. The molecule has 1 fully saturated rings. The number of carbonyl (C=O) groups excluding carboxylic acids is 1. The van der Waals surface area contributed by atoms with E-state index in [2.05, 4.69) is 16.0 Å². The fraction of sp³-hybridized carbons (Fsp3) is 0.417. The highest BCUT2D eigenvalue weighted by Gasteiger charge is 2.14. The molecule has 92 valence electrons. The molecule has 0 aromatic heterocycles. The third-order valence-corrected chi connectivity index (χ3v) is 3.02. The van der Waals surface area contributed by atoms with Crippen molar-refractivity contribution >= 4 is 28.9 Å². The molecule has 1 saturated heterocycles. The van der Waals surface area contributed by atoms with Crippen LogP contribution in [-0.4, -0.2) is 25.0 Å². The van der Waals surface area contributed by atoms with Crippen LogP contribution in [-0.2, 0) is 4.79 Å². The van der Waals surface area contributed by atoms with Gasteiger partial charge in [0, 0.05) is 25.2 Å². The second-order valence-electron chi connectivity index (χ2n) is 4.21. The van der Waals surface area contributed by atoms with Crippen molar-refractivity contribution in [3.05, 3.63) is 23.2 Å². The third kappa shape index (κ3) is 3.35. The number of amides is 1. The van der Waals surface area contributed by atoms with E-state index in [1.165, 1.54) is 6.92 Å². The van der Waals surface area contributed by atoms with Crippen LogP contribution in [0.15, 0.2) is 18.2 Å². The van der Waals surface area contributed by atoms with Gasteiger partial charge in [-0.25, -0.2) is 0 Å². The minimum atomic E-state index is -0.118. The molecule has 1 heterocycles. The van der Waals surface area contributed by atoms with Gasteiger partial charge in [0.15, 0.2) is 0 Å². The maximum atomic E-state index is 10.9. The summed E-state index contributed by atoms with van der Waals surface area (Å²) in [5.41, 5.74) is 1.63. The first-order valence-electron chi connectivity index (χ1n) is 5.69. The topological polar surface area (TPSA) is 53.2 Å². The number of hydrogen-bond acceptors (Lipinski definition) is 3. The molecule has 1 unspecified atom stereocenters. The zero-order chi connectivity index (χ0) is 12.3. The largest absolute Gasteiger partial charge is 0.381 e. The Labute approximate surface area is 106 Å². The summed E-state index contributed by atoms with van der Waals surface area (Å²) < 4.78 is 0. The van der Waals surface area contributed by atoms with Gasteiger partial charge in [0.1, 0.15) is 0 Å². The normalized spacial score (nSPS) is 19.1. The highest BCUT2D eigenvalue weighted by Crippen LogP contribution is 2.26. The molecular weight excluding hydrogens is 238 g/mol. The molecule has 2 rings (SSSR count). The number of halogens is 1. The lowest BCUT2D eigenvalue weighted by molar-refractivity contribution is -0.114. The first kappa shape index (κ1) is 12.2. The van der Waals surface area contributed by atoms with Gasteiger partial charge in [-0.05, 0) is 31.2 Å². The Morgan fingerprint density at radius 2 is 2.35 bits per heavy atom. The maximum Gasteiger partial charge on any atom is 0.221 e. The second-order valence-corrected chi connectivity index (χ2v) is 4.62. The Hall–Kier alpha value is -1.26. The molecule has 0 saturated carbocycles. The predicted molar refractivity (Wildman–Crippen MR) is 70.7 cm³/mol. The molecule has 1 aliphatic rings. The molecule has 0 spiro atoms. The molecule has 1 aromatic rings. The number of benzene rings is 1. The molecule has 1 atom stereocenters. The molecule has 5 heteroatoms. The third-order valence-electron chi connectivity index (χ3n) is 2.71. The zero-order valence-electron chi connectivity index (χ0n) is 9.72. The average Bonchev–Trinajstić information content (AvgIpc) is 2.74. The van der Waals surface area contributed by atoms with Crippen molar-refractivity contribution in [2.75, 3.05) is 23.7 Å². The molecule has 1 aromatic carbocycles. The Kier molecular flexibility index (Phi) is 3.86. The van der Waals surface area contributed by atoms with Crippen LogP contribution in [0, 0.1) is 0 Å². The van der Waals surface area contributed by atoms with Gasteiger partial charge in [0.2, 0.25) is 5.91 Å². The fourth-order valence-corrected chi connectivity index (χ4v) is 2.14. The maximum absolute atomic E-state index is 10.9. The van der Waals surface area contributed by atoms with Crippen molar-refractivity contribution in [3.8, 4) is 0 Å². The van der Waals surface area contributed by atoms with E-state index in [4.69, 9.17) is 11.6 Å². The van der Waals surface area contributed by atoms with Gasteiger partial charge >= 0.3 is 0 Å². The van der Waals surface area contributed by atoms with Crippen LogP contribution < -0.4 is 16.0 Å². The lowest BCUT2D eigenvalue weighted by atomic mass is 10.2. The van der Waals surface area contributed by atoms with Crippen LogP contribution in [0.5, 0.6) is 0 Å². The Morgan fingerprint density at radius 3 is 2.94 bits per heavy atom. The minimum Gasteiger partial charge on any atom is -0.381 e. The smallest absolute Gasteiger partial charge is 0.221 e. The van der Waals surface area contributed by atoms with Crippen molar-refractivity contribution < 1.29 is 4.79 Å². The van der Waals surface area contributed by atoms with E-state index in [-0.39, 0.29) is 5.91 Å². The van der Waals surface area contributed by atoms with Crippen molar-refractivity contribution in [2.24, 2.45) is 0 Å². The Balaban J connectivity index is 2.04. The van der Waals surface area contributed by atoms with Crippen molar-refractivity contribution in [2.45, 2.75) is 19.4 Å². The minimum absolute atomic E-state index is 0.118. The zero-order valence-corrected chi connectivity index (χ0v) is 10.5. The molecular formula is C12H16ClN3O. The summed E-state index contributed by atoms with van der Waals surface area (Å²) in [6, 6.07) is 6.03. The average molecular weight is 254 g/mol. The van der Waals surface area contributed by atoms with Gasteiger partial charge in [0.05, 0.1) is 10.7 Å². The first-order chi connectivity index (χ1) is 8.15. The predicted octanol–water partition coefficient (Wildman–Crippen LogP) is 2.07. The van der Waals surface area contributed by atoms with E-state index >= 15 is 0 Å². The molecule has 0 aliphatic carbocycles. The summed E-state index contributed by atoms with van der Waals surface area (Å²) in [6.07, 6.45) is 1.12. The van der Waals surface area contributed by atoms with Crippen molar-refractivity contribution in [1.29, 1.82) is 0 Å². The van der Waals surface area contributed by atoms with E-state index < -0.39 is 0 Å². The quantitative estimate of drug-likeness (QED) is 0.773. The summed E-state index contributed by atoms with van der Waals surface area (Å²) in [5.74, 6) is -0.118. The first-order valence-corrected chi connectivity index (χ1v) is 6.07. The van der Waals surface area contributed by atoms with Gasteiger partial charge in [-0.3, -0.25) is 4.79 Å². The molecule has 4 nitrogen and oxygen atoms in total. The number of rotatable bonds is 3. The van der Waals surface area contributed by atoms with Gasteiger partial charge in [0.25, 0.3) is 0 Å². The second kappa shape index (κ2) is 5.38. The number of nitrogens with one attached hydrogen (secondary N) is 3. The van der Waals surface area contributed by atoms with Crippen molar-refractivity contribution in [1.82, 2.24) is 5.32 Å². The van der Waals surface area contributed by atoms with E-state index in [0.29, 0.717) is 16.8 Å². The summed E-state index contributed by atoms with van der Waals surface area (Å²) in [7, 11) is 0. The fourth-order valence-electron chi connectivity index (χ4n) is 1.91. The summed E-state index contributed by atoms with van der Waals surface area (Å²) in [4.78, 5) is 10.9. The van der Waals surface area contributed by atoms with Gasteiger partial charge in [-0.15, -0.1) is 0 Å². The monoisotopic (exact) mass is 253 g/mol. The Bertz CT molecular complexity index is 416. The molecule has 17 heavy (non-hydrogen) atoms. The molecule has 1 amide bonds. The lowest BCUT2D eigenvalue weighted by Gasteiger charge is -2.14. The van der Waals surface area contributed by atoms with E-state index in [0.717, 1.165) is 25.2 Å².